The van der Waals surface area contributed by atoms with Gasteiger partial charge in [-0.25, -0.2) is 0 Å². The molecule has 0 aliphatic heterocycles. The molecule has 72 valence electrons. The Morgan fingerprint density at radius 2 is 2.08 bits per heavy atom. The molecule has 3 nitrogen and oxygen atoms in total. The zero-order chi connectivity index (χ0) is 9.78. The van der Waals surface area contributed by atoms with Crippen molar-refractivity contribution >= 4 is 5.91 Å². The Labute approximate surface area is 74.7 Å². The van der Waals surface area contributed by atoms with Crippen molar-refractivity contribution in [3.8, 4) is 0 Å². The molecule has 0 aromatic rings. The van der Waals surface area contributed by atoms with Gasteiger partial charge in [-0.2, -0.15) is 0 Å². The summed E-state index contributed by atoms with van der Waals surface area (Å²) in [5.41, 5.74) is 5.57. The first-order valence-electron chi connectivity index (χ1n) is 4.42. The van der Waals surface area contributed by atoms with Crippen LogP contribution >= 0.6 is 0 Å². The summed E-state index contributed by atoms with van der Waals surface area (Å²) in [5, 5.41) is 2.81. The first-order chi connectivity index (χ1) is 5.39. The lowest BCUT2D eigenvalue weighted by Gasteiger charge is -2.23. The van der Waals surface area contributed by atoms with Crippen LogP contribution in [0.4, 0.5) is 0 Å². The quantitative estimate of drug-likeness (QED) is 0.661. The fraction of sp³-hybridized carbons (Fsp3) is 0.889. The Kier molecular flexibility index (Phi) is 4.24. The molecule has 1 atom stereocenters. The lowest BCUT2D eigenvalue weighted by molar-refractivity contribution is -0.122. The summed E-state index contributed by atoms with van der Waals surface area (Å²) in [6.07, 6.45) is 1.05. The Morgan fingerprint density at radius 1 is 1.58 bits per heavy atom. The standard InChI is InChI=1S/C9H20N2O/c1-5-9(3,4)6-11-8(12)7(2)10/h7H,5-6,10H2,1-4H3,(H,11,12)/t7-/m0/s1. The van der Waals surface area contributed by atoms with Crippen LogP contribution < -0.4 is 11.1 Å². The summed E-state index contributed by atoms with van der Waals surface area (Å²) in [6, 6.07) is -0.405. The molecule has 0 fully saturated rings. The average Bonchev–Trinajstić information content (AvgIpc) is 2.00. The number of carbonyl (C=O) groups excluding carboxylic acids is 1. The van der Waals surface area contributed by atoms with Gasteiger partial charge in [0, 0.05) is 6.54 Å². The van der Waals surface area contributed by atoms with Crippen molar-refractivity contribution < 1.29 is 4.79 Å². The summed E-state index contributed by atoms with van der Waals surface area (Å²) >= 11 is 0. The number of hydrogen-bond acceptors (Lipinski definition) is 2. The van der Waals surface area contributed by atoms with Crippen LogP contribution in [0.2, 0.25) is 0 Å². The van der Waals surface area contributed by atoms with Crippen molar-refractivity contribution in [3.63, 3.8) is 0 Å². The molecule has 0 radical (unpaired) electrons. The van der Waals surface area contributed by atoms with Crippen molar-refractivity contribution in [1.29, 1.82) is 0 Å². The second kappa shape index (κ2) is 4.45. The fourth-order valence-corrected chi connectivity index (χ4v) is 0.612. The van der Waals surface area contributed by atoms with E-state index in [1.165, 1.54) is 0 Å². The number of carbonyl (C=O) groups is 1. The van der Waals surface area contributed by atoms with E-state index in [9.17, 15) is 4.79 Å². The van der Waals surface area contributed by atoms with E-state index in [4.69, 9.17) is 5.73 Å². The van der Waals surface area contributed by atoms with E-state index in [2.05, 4.69) is 26.1 Å². The molecule has 3 heteroatoms. The van der Waals surface area contributed by atoms with Crippen LogP contribution in [0.15, 0.2) is 0 Å². The van der Waals surface area contributed by atoms with E-state index < -0.39 is 6.04 Å². The van der Waals surface area contributed by atoms with Crippen molar-refractivity contribution in [2.45, 2.75) is 40.2 Å². The molecule has 0 rings (SSSR count). The third kappa shape index (κ3) is 4.34. The van der Waals surface area contributed by atoms with Gasteiger partial charge in [0.1, 0.15) is 0 Å². The van der Waals surface area contributed by atoms with Crippen LogP contribution in [0.25, 0.3) is 0 Å². The third-order valence-corrected chi connectivity index (χ3v) is 2.11. The molecule has 0 spiro atoms. The van der Waals surface area contributed by atoms with Crippen molar-refractivity contribution in [1.82, 2.24) is 5.32 Å². The van der Waals surface area contributed by atoms with E-state index in [0.29, 0.717) is 6.54 Å². The van der Waals surface area contributed by atoms with Gasteiger partial charge in [-0.15, -0.1) is 0 Å². The summed E-state index contributed by atoms with van der Waals surface area (Å²) < 4.78 is 0. The lowest BCUT2D eigenvalue weighted by Crippen LogP contribution is -2.42. The fourth-order valence-electron chi connectivity index (χ4n) is 0.612. The molecule has 0 bridgehead atoms. The molecular weight excluding hydrogens is 152 g/mol. The van der Waals surface area contributed by atoms with E-state index in [1.807, 2.05) is 0 Å². The third-order valence-electron chi connectivity index (χ3n) is 2.11. The van der Waals surface area contributed by atoms with Gasteiger partial charge in [-0.1, -0.05) is 20.8 Å². The predicted molar refractivity (Wildman–Crippen MR) is 50.7 cm³/mol. The monoisotopic (exact) mass is 172 g/mol. The topological polar surface area (TPSA) is 55.1 Å². The molecule has 0 aromatic heterocycles. The van der Waals surface area contributed by atoms with Crippen molar-refractivity contribution in [2.75, 3.05) is 6.54 Å². The Hall–Kier alpha value is -0.570. The van der Waals surface area contributed by atoms with Gasteiger partial charge in [-0.3, -0.25) is 4.79 Å². The molecule has 0 aliphatic carbocycles. The lowest BCUT2D eigenvalue weighted by atomic mass is 9.90. The number of rotatable bonds is 4. The summed E-state index contributed by atoms with van der Waals surface area (Å²) in [4.78, 5) is 11.1. The zero-order valence-electron chi connectivity index (χ0n) is 8.48. The second-order valence-electron chi connectivity index (χ2n) is 4.02. The molecule has 0 unspecified atom stereocenters. The molecule has 12 heavy (non-hydrogen) atoms. The summed E-state index contributed by atoms with van der Waals surface area (Å²) in [5.74, 6) is -0.0727. The van der Waals surface area contributed by atoms with E-state index in [0.717, 1.165) is 6.42 Å². The minimum Gasteiger partial charge on any atom is -0.354 e. The van der Waals surface area contributed by atoms with E-state index in [-0.39, 0.29) is 11.3 Å². The van der Waals surface area contributed by atoms with Crippen LogP contribution in [-0.4, -0.2) is 18.5 Å². The molecule has 0 aliphatic rings. The highest BCUT2D eigenvalue weighted by molar-refractivity contribution is 5.80. The maximum atomic E-state index is 11.1. The molecule has 0 saturated heterocycles. The first-order valence-corrected chi connectivity index (χ1v) is 4.42. The van der Waals surface area contributed by atoms with Gasteiger partial charge in [0.25, 0.3) is 0 Å². The Balaban J connectivity index is 3.76. The smallest absolute Gasteiger partial charge is 0.236 e. The zero-order valence-corrected chi connectivity index (χ0v) is 8.48. The molecule has 0 saturated carbocycles. The molecule has 0 aromatic carbocycles. The Bertz CT molecular complexity index is 153. The Morgan fingerprint density at radius 3 is 2.42 bits per heavy atom. The van der Waals surface area contributed by atoms with E-state index >= 15 is 0 Å². The highest BCUT2D eigenvalue weighted by Gasteiger charge is 2.16. The highest BCUT2D eigenvalue weighted by Crippen LogP contribution is 2.17. The van der Waals surface area contributed by atoms with Crippen LogP contribution in [0.5, 0.6) is 0 Å². The van der Waals surface area contributed by atoms with E-state index in [1.54, 1.807) is 6.92 Å². The number of nitrogens with two attached hydrogens (primary N) is 1. The molecule has 0 heterocycles. The highest BCUT2D eigenvalue weighted by atomic mass is 16.2. The van der Waals surface area contributed by atoms with Crippen molar-refractivity contribution in [2.24, 2.45) is 11.1 Å². The predicted octanol–water partition coefficient (Wildman–Crippen LogP) is 0.886. The average molecular weight is 172 g/mol. The minimum absolute atomic E-state index is 0.0727. The number of nitrogens with one attached hydrogen (secondary N) is 1. The SMILES string of the molecule is CCC(C)(C)CNC(=O)[C@H](C)N. The molecule has 3 N–H and O–H groups in total. The van der Waals surface area contributed by atoms with Gasteiger partial charge < -0.3 is 11.1 Å². The van der Waals surface area contributed by atoms with Gasteiger partial charge in [0.15, 0.2) is 0 Å². The number of hydrogen-bond donors (Lipinski definition) is 2. The maximum absolute atomic E-state index is 11.1. The van der Waals surface area contributed by atoms with Gasteiger partial charge in [-0.05, 0) is 18.8 Å². The maximum Gasteiger partial charge on any atom is 0.236 e. The minimum atomic E-state index is -0.405. The summed E-state index contributed by atoms with van der Waals surface area (Å²) in [6.45, 7) is 8.74. The van der Waals surface area contributed by atoms with Crippen LogP contribution in [0.1, 0.15) is 34.1 Å². The molecular formula is C9H20N2O. The van der Waals surface area contributed by atoms with Crippen LogP contribution in [-0.2, 0) is 4.79 Å². The summed E-state index contributed by atoms with van der Waals surface area (Å²) in [7, 11) is 0. The first kappa shape index (κ1) is 11.4. The second-order valence-corrected chi connectivity index (χ2v) is 4.02. The van der Waals surface area contributed by atoms with Gasteiger partial charge in [0.2, 0.25) is 5.91 Å². The van der Waals surface area contributed by atoms with Crippen LogP contribution in [0, 0.1) is 5.41 Å². The van der Waals surface area contributed by atoms with Gasteiger partial charge in [0.05, 0.1) is 6.04 Å². The normalized spacial score (nSPS) is 14.1. The van der Waals surface area contributed by atoms with Crippen molar-refractivity contribution in [3.05, 3.63) is 0 Å². The van der Waals surface area contributed by atoms with Gasteiger partial charge >= 0.3 is 0 Å². The van der Waals surface area contributed by atoms with Crippen LogP contribution in [0.3, 0.4) is 0 Å². The number of amides is 1. The largest absolute Gasteiger partial charge is 0.354 e. The molecule has 1 amide bonds.